The monoisotopic (exact) mass is 350 g/mol. The molecule has 0 radical (unpaired) electrons. The van der Waals surface area contributed by atoms with Crippen LogP contribution in [-0.4, -0.2) is 10.9 Å². The van der Waals surface area contributed by atoms with Gasteiger partial charge in [-0.25, -0.2) is 4.39 Å². The van der Waals surface area contributed by atoms with E-state index in [1.807, 2.05) is 36.4 Å². The Morgan fingerprint density at radius 1 is 1.12 bits per heavy atom. The molecule has 132 valence electrons. The van der Waals surface area contributed by atoms with E-state index in [0.717, 1.165) is 16.9 Å². The third-order valence-corrected chi connectivity index (χ3v) is 3.94. The van der Waals surface area contributed by atoms with Gasteiger partial charge in [-0.05, 0) is 48.4 Å². The third-order valence-electron chi connectivity index (χ3n) is 3.94. The second kappa shape index (κ2) is 8.25. The highest BCUT2D eigenvalue weighted by molar-refractivity contribution is 5.94. The van der Waals surface area contributed by atoms with Gasteiger partial charge in [0.05, 0.1) is 0 Å². The molecule has 5 heteroatoms. The second-order valence-electron chi connectivity index (χ2n) is 5.94. The minimum absolute atomic E-state index is 0.305. The molecule has 0 saturated heterocycles. The lowest BCUT2D eigenvalue weighted by molar-refractivity contribution is 0.0950. The Labute approximate surface area is 151 Å². The van der Waals surface area contributed by atoms with Gasteiger partial charge in [-0.3, -0.25) is 9.78 Å². The summed E-state index contributed by atoms with van der Waals surface area (Å²) in [5, 5.41) is 2.78. The molecular formula is C21H19FN2O2. The Morgan fingerprint density at radius 2 is 1.92 bits per heavy atom. The van der Waals surface area contributed by atoms with Crippen LogP contribution in [0.5, 0.6) is 5.75 Å². The largest absolute Gasteiger partial charge is 0.489 e. The van der Waals surface area contributed by atoms with Crippen molar-refractivity contribution in [3.05, 3.63) is 95.1 Å². The SMILES string of the molecule is Cc1ccc(C(=O)NCc2ccc(OCc3cccnc3)cc2)cc1F. The lowest BCUT2D eigenvalue weighted by Gasteiger charge is -2.09. The van der Waals surface area contributed by atoms with E-state index >= 15 is 0 Å². The number of hydrogen-bond donors (Lipinski definition) is 1. The first kappa shape index (κ1) is 17.6. The number of pyridine rings is 1. The maximum Gasteiger partial charge on any atom is 0.251 e. The lowest BCUT2D eigenvalue weighted by Crippen LogP contribution is -2.22. The van der Waals surface area contributed by atoms with Crippen molar-refractivity contribution in [2.24, 2.45) is 0 Å². The number of aryl methyl sites for hydroxylation is 1. The minimum atomic E-state index is -0.382. The standard InChI is InChI=1S/C21H19FN2O2/c1-15-4-7-18(11-20(15)22)21(25)24-13-16-5-8-19(9-6-16)26-14-17-3-2-10-23-12-17/h2-12H,13-14H2,1H3,(H,24,25). The van der Waals surface area contributed by atoms with Crippen LogP contribution in [0.4, 0.5) is 4.39 Å². The van der Waals surface area contributed by atoms with Crippen molar-refractivity contribution in [1.29, 1.82) is 0 Å². The molecule has 0 aliphatic rings. The molecule has 0 spiro atoms. The fraction of sp³-hybridized carbons (Fsp3) is 0.143. The molecule has 0 atom stereocenters. The van der Waals surface area contributed by atoms with Gasteiger partial charge in [0.1, 0.15) is 18.2 Å². The molecule has 3 aromatic rings. The molecule has 0 aliphatic heterocycles. The summed E-state index contributed by atoms with van der Waals surface area (Å²) >= 11 is 0. The maximum absolute atomic E-state index is 13.5. The van der Waals surface area contributed by atoms with Gasteiger partial charge in [-0.1, -0.05) is 24.3 Å². The lowest BCUT2D eigenvalue weighted by atomic mass is 10.1. The topological polar surface area (TPSA) is 51.2 Å². The van der Waals surface area contributed by atoms with E-state index in [0.29, 0.717) is 24.3 Å². The highest BCUT2D eigenvalue weighted by Gasteiger charge is 2.08. The summed E-state index contributed by atoms with van der Waals surface area (Å²) in [7, 11) is 0. The summed E-state index contributed by atoms with van der Waals surface area (Å²) in [5.41, 5.74) is 2.75. The number of halogens is 1. The maximum atomic E-state index is 13.5. The predicted octanol–water partition coefficient (Wildman–Crippen LogP) is 4.04. The van der Waals surface area contributed by atoms with Gasteiger partial charge < -0.3 is 10.1 Å². The zero-order valence-corrected chi connectivity index (χ0v) is 14.4. The number of ether oxygens (including phenoxy) is 1. The minimum Gasteiger partial charge on any atom is -0.489 e. The molecule has 1 heterocycles. The quantitative estimate of drug-likeness (QED) is 0.730. The number of carbonyl (C=O) groups is 1. The molecule has 0 aliphatic carbocycles. The van der Waals surface area contributed by atoms with E-state index in [1.54, 1.807) is 31.5 Å². The van der Waals surface area contributed by atoms with Crippen molar-refractivity contribution in [2.45, 2.75) is 20.1 Å². The van der Waals surface area contributed by atoms with Crippen LogP contribution in [0.25, 0.3) is 0 Å². The molecule has 2 aromatic carbocycles. The molecule has 4 nitrogen and oxygen atoms in total. The van der Waals surface area contributed by atoms with Gasteiger partial charge in [0.25, 0.3) is 5.91 Å². The highest BCUT2D eigenvalue weighted by atomic mass is 19.1. The average Bonchev–Trinajstić information content (AvgIpc) is 2.68. The molecule has 1 N–H and O–H groups in total. The van der Waals surface area contributed by atoms with Gasteiger partial charge in [0.15, 0.2) is 0 Å². The predicted molar refractivity (Wildman–Crippen MR) is 97.3 cm³/mol. The Morgan fingerprint density at radius 3 is 2.62 bits per heavy atom. The van der Waals surface area contributed by atoms with Crippen LogP contribution in [0, 0.1) is 12.7 Å². The zero-order chi connectivity index (χ0) is 18.4. The van der Waals surface area contributed by atoms with Gasteiger partial charge in [0.2, 0.25) is 0 Å². The number of aromatic nitrogens is 1. The van der Waals surface area contributed by atoms with Crippen LogP contribution in [0.3, 0.4) is 0 Å². The first-order valence-corrected chi connectivity index (χ1v) is 8.27. The van der Waals surface area contributed by atoms with Gasteiger partial charge in [-0.2, -0.15) is 0 Å². The Bertz CT molecular complexity index is 880. The molecule has 1 aromatic heterocycles. The zero-order valence-electron chi connectivity index (χ0n) is 14.4. The number of nitrogens with zero attached hydrogens (tertiary/aromatic N) is 1. The Hall–Kier alpha value is -3.21. The van der Waals surface area contributed by atoms with E-state index in [9.17, 15) is 9.18 Å². The number of nitrogens with one attached hydrogen (secondary N) is 1. The Kier molecular flexibility index (Phi) is 5.59. The van der Waals surface area contributed by atoms with Crippen LogP contribution < -0.4 is 10.1 Å². The summed E-state index contributed by atoms with van der Waals surface area (Å²) in [4.78, 5) is 16.1. The van der Waals surface area contributed by atoms with Crippen LogP contribution in [-0.2, 0) is 13.2 Å². The molecule has 26 heavy (non-hydrogen) atoms. The van der Waals surface area contributed by atoms with Crippen LogP contribution in [0.1, 0.15) is 27.0 Å². The summed E-state index contributed by atoms with van der Waals surface area (Å²) in [6.45, 7) is 2.47. The summed E-state index contributed by atoms with van der Waals surface area (Å²) in [6.07, 6.45) is 3.48. The summed E-state index contributed by atoms with van der Waals surface area (Å²) in [5.74, 6) is 0.0538. The normalized spacial score (nSPS) is 10.4. The van der Waals surface area contributed by atoms with Crippen molar-refractivity contribution < 1.29 is 13.9 Å². The van der Waals surface area contributed by atoms with Crippen molar-refractivity contribution in [3.8, 4) is 5.75 Å². The second-order valence-corrected chi connectivity index (χ2v) is 5.94. The molecule has 1 amide bonds. The van der Waals surface area contributed by atoms with Crippen LogP contribution in [0.2, 0.25) is 0 Å². The average molecular weight is 350 g/mol. The van der Waals surface area contributed by atoms with E-state index in [-0.39, 0.29) is 11.7 Å². The molecular weight excluding hydrogens is 331 g/mol. The van der Waals surface area contributed by atoms with E-state index < -0.39 is 0 Å². The van der Waals surface area contributed by atoms with Crippen molar-refractivity contribution in [2.75, 3.05) is 0 Å². The van der Waals surface area contributed by atoms with E-state index in [2.05, 4.69) is 10.3 Å². The van der Waals surface area contributed by atoms with Gasteiger partial charge in [-0.15, -0.1) is 0 Å². The highest BCUT2D eigenvalue weighted by Crippen LogP contribution is 2.14. The molecule has 0 fully saturated rings. The number of hydrogen-bond acceptors (Lipinski definition) is 3. The molecule has 0 bridgehead atoms. The smallest absolute Gasteiger partial charge is 0.251 e. The van der Waals surface area contributed by atoms with E-state index in [4.69, 9.17) is 4.74 Å². The first-order chi connectivity index (χ1) is 12.6. The summed E-state index contributed by atoms with van der Waals surface area (Å²) in [6, 6.07) is 15.7. The number of carbonyl (C=O) groups excluding carboxylic acids is 1. The van der Waals surface area contributed by atoms with Gasteiger partial charge >= 0.3 is 0 Å². The molecule has 3 rings (SSSR count). The van der Waals surface area contributed by atoms with Crippen molar-refractivity contribution in [3.63, 3.8) is 0 Å². The summed E-state index contributed by atoms with van der Waals surface area (Å²) < 4.78 is 19.2. The van der Waals surface area contributed by atoms with Crippen LogP contribution >= 0.6 is 0 Å². The number of amides is 1. The van der Waals surface area contributed by atoms with Gasteiger partial charge in [0, 0.05) is 30.1 Å². The fourth-order valence-electron chi connectivity index (χ4n) is 2.37. The number of rotatable bonds is 6. The Balaban J connectivity index is 1.52. The fourth-order valence-corrected chi connectivity index (χ4v) is 2.37. The van der Waals surface area contributed by atoms with E-state index in [1.165, 1.54) is 6.07 Å². The molecule has 0 unspecified atom stereocenters. The van der Waals surface area contributed by atoms with Crippen molar-refractivity contribution in [1.82, 2.24) is 10.3 Å². The third kappa shape index (κ3) is 4.66. The first-order valence-electron chi connectivity index (χ1n) is 8.27. The molecule has 0 saturated carbocycles. The number of benzene rings is 2. The van der Waals surface area contributed by atoms with Crippen LogP contribution in [0.15, 0.2) is 67.0 Å². The van der Waals surface area contributed by atoms with Crippen molar-refractivity contribution >= 4 is 5.91 Å².